The Bertz CT molecular complexity index is 752. The summed E-state index contributed by atoms with van der Waals surface area (Å²) in [4.78, 5) is 40.6. The summed E-state index contributed by atoms with van der Waals surface area (Å²) >= 11 is 5.90. The number of aromatic amines is 1. The first kappa shape index (κ1) is 14.1. The molecular weight excluding hydrogens is 292 g/mol. The van der Waals surface area contributed by atoms with E-state index in [-0.39, 0.29) is 16.9 Å². The van der Waals surface area contributed by atoms with Gasteiger partial charge in [0.05, 0.1) is 12.0 Å². The van der Waals surface area contributed by atoms with Crippen LogP contribution in [-0.4, -0.2) is 31.5 Å². The molecule has 2 aromatic rings. The molecule has 0 aromatic carbocycles. The van der Waals surface area contributed by atoms with E-state index in [0.717, 1.165) is 0 Å². The predicted molar refractivity (Wildman–Crippen MR) is 77.0 cm³/mol. The van der Waals surface area contributed by atoms with Crippen LogP contribution in [0.3, 0.4) is 0 Å². The molecule has 7 heteroatoms. The van der Waals surface area contributed by atoms with Crippen molar-refractivity contribution in [2.24, 2.45) is 10.8 Å². The minimum absolute atomic E-state index is 0.0206. The minimum atomic E-state index is -0.932. The fourth-order valence-electron chi connectivity index (χ4n) is 2.74. The number of ketones is 2. The molecule has 0 unspecified atom stereocenters. The maximum Gasteiger partial charge on any atom is 0.224 e. The van der Waals surface area contributed by atoms with Crippen LogP contribution in [0.4, 0.5) is 0 Å². The van der Waals surface area contributed by atoms with Crippen molar-refractivity contribution in [1.29, 1.82) is 0 Å². The second kappa shape index (κ2) is 4.10. The fraction of sp³-hybridized carbons (Fsp3) is 0.500. The highest BCUT2D eigenvalue weighted by atomic mass is 35.5. The molecule has 0 atom stereocenters. The quantitative estimate of drug-likeness (QED) is 0.645. The Kier molecular flexibility index (Phi) is 2.76. The number of nitrogens with zero attached hydrogens (tertiary/aromatic N) is 3. The summed E-state index contributed by atoms with van der Waals surface area (Å²) in [5.41, 5.74) is -0.374. The number of imidazole rings is 1. The number of H-pyrrole nitrogens is 1. The first-order chi connectivity index (χ1) is 9.68. The van der Waals surface area contributed by atoms with Crippen molar-refractivity contribution in [3.8, 4) is 0 Å². The monoisotopic (exact) mass is 306 g/mol. The molecule has 2 heterocycles. The molecule has 0 bridgehead atoms. The molecule has 21 heavy (non-hydrogen) atoms. The van der Waals surface area contributed by atoms with Gasteiger partial charge in [-0.1, -0.05) is 27.7 Å². The van der Waals surface area contributed by atoms with E-state index in [1.165, 1.54) is 6.33 Å². The Morgan fingerprint density at radius 2 is 1.67 bits per heavy atom. The second-order valence-electron chi connectivity index (χ2n) is 6.39. The number of hydrogen-bond donors (Lipinski definition) is 1. The van der Waals surface area contributed by atoms with Gasteiger partial charge in [-0.15, -0.1) is 0 Å². The van der Waals surface area contributed by atoms with Crippen LogP contribution < -0.4 is 0 Å². The number of nitrogens with one attached hydrogen (secondary N) is 1. The average molecular weight is 307 g/mol. The van der Waals surface area contributed by atoms with E-state index in [9.17, 15) is 9.59 Å². The van der Waals surface area contributed by atoms with Crippen LogP contribution in [0.1, 0.15) is 39.3 Å². The summed E-state index contributed by atoms with van der Waals surface area (Å²) in [6.07, 6.45) is 1.44. The van der Waals surface area contributed by atoms with E-state index >= 15 is 0 Å². The molecule has 0 spiro atoms. The van der Waals surface area contributed by atoms with Crippen LogP contribution in [0.5, 0.6) is 0 Å². The van der Waals surface area contributed by atoms with Crippen LogP contribution in [-0.2, 0) is 9.59 Å². The third-order valence-electron chi connectivity index (χ3n) is 4.88. The molecule has 6 nitrogen and oxygen atoms in total. The molecular formula is C14H15ClN4O2. The SMILES string of the molecule is CC1(C)C(=O)C(c2nc(Cl)nc3nc[nH]c23)C(=O)C1(C)C. The molecule has 3 rings (SSSR count). The van der Waals surface area contributed by atoms with Crippen molar-refractivity contribution in [2.45, 2.75) is 33.6 Å². The van der Waals surface area contributed by atoms with Crippen LogP contribution in [0, 0.1) is 10.8 Å². The molecule has 0 saturated heterocycles. The van der Waals surface area contributed by atoms with Gasteiger partial charge < -0.3 is 4.98 Å². The van der Waals surface area contributed by atoms with Crippen molar-refractivity contribution in [3.63, 3.8) is 0 Å². The molecule has 1 fully saturated rings. The number of rotatable bonds is 1. The lowest BCUT2D eigenvalue weighted by molar-refractivity contribution is -0.129. The smallest absolute Gasteiger partial charge is 0.224 e. The first-order valence-corrected chi connectivity index (χ1v) is 7.01. The number of hydrogen-bond acceptors (Lipinski definition) is 5. The van der Waals surface area contributed by atoms with Gasteiger partial charge in [0.25, 0.3) is 0 Å². The molecule has 1 aliphatic carbocycles. The summed E-state index contributed by atoms with van der Waals surface area (Å²) < 4.78 is 0. The lowest BCUT2D eigenvalue weighted by Crippen LogP contribution is -2.35. The summed E-state index contributed by atoms with van der Waals surface area (Å²) in [6, 6.07) is 0. The van der Waals surface area contributed by atoms with E-state index in [0.29, 0.717) is 16.9 Å². The summed E-state index contributed by atoms with van der Waals surface area (Å²) in [5.74, 6) is -1.23. The first-order valence-electron chi connectivity index (χ1n) is 6.63. The predicted octanol–water partition coefficient (Wildman–Crippen LogP) is 2.29. The van der Waals surface area contributed by atoms with Gasteiger partial charge in [-0.2, -0.15) is 4.98 Å². The van der Waals surface area contributed by atoms with Gasteiger partial charge in [0.2, 0.25) is 5.28 Å². The van der Waals surface area contributed by atoms with Crippen molar-refractivity contribution < 1.29 is 9.59 Å². The fourth-order valence-corrected chi connectivity index (χ4v) is 2.91. The maximum atomic E-state index is 12.8. The van der Waals surface area contributed by atoms with E-state index < -0.39 is 16.7 Å². The number of carbonyl (C=O) groups excluding carboxylic acids is 2. The molecule has 110 valence electrons. The van der Waals surface area contributed by atoms with Gasteiger partial charge in [0.1, 0.15) is 11.4 Å². The molecule has 1 aliphatic rings. The van der Waals surface area contributed by atoms with Gasteiger partial charge in [0, 0.05) is 10.8 Å². The van der Waals surface area contributed by atoms with Crippen molar-refractivity contribution in [3.05, 3.63) is 17.3 Å². The minimum Gasteiger partial charge on any atom is -0.342 e. The normalized spacial score (nSPS) is 21.4. The van der Waals surface area contributed by atoms with Crippen LogP contribution in [0.2, 0.25) is 5.28 Å². The number of halogens is 1. The lowest BCUT2D eigenvalue weighted by atomic mass is 9.70. The molecule has 1 N–H and O–H groups in total. The Balaban J connectivity index is 2.27. The van der Waals surface area contributed by atoms with Crippen molar-refractivity contribution in [2.75, 3.05) is 0 Å². The van der Waals surface area contributed by atoms with Crippen molar-refractivity contribution in [1.82, 2.24) is 19.9 Å². The molecule has 1 saturated carbocycles. The van der Waals surface area contributed by atoms with Crippen LogP contribution in [0.15, 0.2) is 6.33 Å². The van der Waals surface area contributed by atoms with Gasteiger partial charge in [0.15, 0.2) is 17.2 Å². The van der Waals surface area contributed by atoms with Crippen molar-refractivity contribution >= 4 is 34.3 Å². The number of Topliss-reactive ketones (excluding diaryl/α,β-unsaturated/α-hetero) is 2. The lowest BCUT2D eigenvalue weighted by Gasteiger charge is -2.30. The Labute approximate surface area is 126 Å². The summed E-state index contributed by atoms with van der Waals surface area (Å²) in [5, 5.41) is -0.0206. The largest absolute Gasteiger partial charge is 0.342 e. The number of aromatic nitrogens is 4. The third-order valence-corrected chi connectivity index (χ3v) is 5.05. The topological polar surface area (TPSA) is 88.6 Å². The highest BCUT2D eigenvalue weighted by Crippen LogP contribution is 2.52. The van der Waals surface area contributed by atoms with Crippen LogP contribution >= 0.6 is 11.6 Å². The van der Waals surface area contributed by atoms with E-state index in [1.807, 2.05) is 0 Å². The summed E-state index contributed by atoms with van der Waals surface area (Å²) in [7, 11) is 0. The summed E-state index contributed by atoms with van der Waals surface area (Å²) in [6.45, 7) is 7.17. The van der Waals surface area contributed by atoms with E-state index in [4.69, 9.17) is 11.6 Å². The van der Waals surface area contributed by atoms with Crippen LogP contribution in [0.25, 0.3) is 11.2 Å². The van der Waals surface area contributed by atoms with E-state index in [1.54, 1.807) is 27.7 Å². The maximum absolute atomic E-state index is 12.8. The Hall–Kier alpha value is -1.82. The zero-order chi connectivity index (χ0) is 15.6. The third kappa shape index (κ3) is 1.68. The highest BCUT2D eigenvalue weighted by molar-refractivity contribution is 6.28. The number of fused-ring (bicyclic) bond motifs is 1. The standard InChI is InChI=1S/C14H15ClN4O2/c1-13(2)9(20)6(10(21)14(13,3)4)7-8-11(17-5-16-8)19-12(15)18-7/h5-6H,1-4H3,(H,16,17,18,19). The van der Waals surface area contributed by atoms with Gasteiger partial charge in [-0.25, -0.2) is 9.97 Å². The van der Waals surface area contributed by atoms with Gasteiger partial charge in [-0.05, 0) is 11.6 Å². The molecule has 0 aliphatic heterocycles. The van der Waals surface area contributed by atoms with Gasteiger partial charge >= 0.3 is 0 Å². The average Bonchev–Trinajstić information content (AvgIpc) is 2.89. The Morgan fingerprint density at radius 3 is 2.24 bits per heavy atom. The highest BCUT2D eigenvalue weighted by Gasteiger charge is 2.61. The second-order valence-corrected chi connectivity index (χ2v) is 6.73. The molecule has 0 amide bonds. The van der Waals surface area contributed by atoms with E-state index in [2.05, 4.69) is 19.9 Å². The Morgan fingerprint density at radius 1 is 1.10 bits per heavy atom. The zero-order valence-electron chi connectivity index (χ0n) is 12.2. The molecule has 2 aromatic heterocycles. The van der Waals surface area contributed by atoms with Gasteiger partial charge in [-0.3, -0.25) is 9.59 Å². The zero-order valence-corrected chi connectivity index (χ0v) is 12.9. The number of carbonyl (C=O) groups is 2. The molecule has 0 radical (unpaired) electrons.